The zero-order valence-corrected chi connectivity index (χ0v) is 13.0. The molecule has 0 unspecified atom stereocenters. The summed E-state index contributed by atoms with van der Waals surface area (Å²) in [6.45, 7) is 0.891. The summed E-state index contributed by atoms with van der Waals surface area (Å²) in [6.07, 6.45) is 10.1. The average Bonchev–Trinajstić information content (AvgIpc) is 2.91. The Morgan fingerprint density at radius 3 is 2.95 bits per heavy atom. The zero-order chi connectivity index (χ0) is 14.3. The van der Waals surface area contributed by atoms with Crippen LogP contribution in [0.3, 0.4) is 0 Å². The quantitative estimate of drug-likeness (QED) is 0.656. The van der Waals surface area contributed by atoms with Crippen molar-refractivity contribution in [3.63, 3.8) is 0 Å². The Bertz CT molecular complexity index is 522. The Hall–Kier alpha value is -0.890. The van der Waals surface area contributed by atoms with Gasteiger partial charge in [0, 0.05) is 12.6 Å². The van der Waals surface area contributed by atoms with Crippen molar-refractivity contribution in [3.05, 3.63) is 12.4 Å². The molecule has 0 amide bonds. The van der Waals surface area contributed by atoms with Crippen molar-refractivity contribution in [1.29, 1.82) is 0 Å². The zero-order valence-electron chi connectivity index (χ0n) is 12.2. The van der Waals surface area contributed by atoms with E-state index in [1.807, 2.05) is 12.3 Å². The molecule has 2 N–H and O–H groups in total. The number of hydrogen-bond donors (Lipinski definition) is 2. The van der Waals surface area contributed by atoms with Gasteiger partial charge in [-0.25, -0.2) is 15.4 Å². The molecule has 5 rings (SSSR count). The maximum atomic E-state index is 6.25. The molecule has 114 valence electrons. The fourth-order valence-electron chi connectivity index (χ4n) is 4.01. The van der Waals surface area contributed by atoms with E-state index in [9.17, 15) is 0 Å². The summed E-state index contributed by atoms with van der Waals surface area (Å²) in [6, 6.07) is 1.92. The summed E-state index contributed by atoms with van der Waals surface area (Å²) in [5.74, 6) is 2.28. The third-order valence-electron chi connectivity index (χ3n) is 5.09. The molecule has 6 nitrogen and oxygen atoms in total. The van der Waals surface area contributed by atoms with Gasteiger partial charge in [-0.3, -0.25) is 10.3 Å². The summed E-state index contributed by atoms with van der Waals surface area (Å²) in [7, 11) is 0. The fourth-order valence-corrected chi connectivity index (χ4v) is 4.39. The largest absolute Gasteiger partial charge is 0.265 e. The number of fused-ring (bicyclic) bond motifs is 2. The standard InChI is InChI=1S/C14H21N5OS/c1-21-13-6-12(15-9-16-13)18-19-17-8-14(20-19)7-10-2-4-11(14)5-3-10/h6,9-11,17H,2-5,7-8H2,1H3,(H,15,16,18)/t10?,11?,14-/m0/s1. The SMILES string of the molecule is CSc1cc(NN2NC[C@]3(CC4CCC3CC4)O2)ncn1. The molecular formula is C14H21N5OS. The Morgan fingerprint density at radius 1 is 1.38 bits per heavy atom. The predicted molar refractivity (Wildman–Crippen MR) is 81.2 cm³/mol. The fraction of sp³-hybridized carbons (Fsp3) is 0.714. The smallest absolute Gasteiger partial charge is 0.147 e. The van der Waals surface area contributed by atoms with Gasteiger partial charge in [0.15, 0.2) is 0 Å². The summed E-state index contributed by atoms with van der Waals surface area (Å²) in [4.78, 5) is 14.7. The van der Waals surface area contributed by atoms with E-state index in [-0.39, 0.29) is 5.60 Å². The highest BCUT2D eigenvalue weighted by atomic mass is 32.2. The van der Waals surface area contributed by atoms with Crippen molar-refractivity contribution in [3.8, 4) is 0 Å². The monoisotopic (exact) mass is 307 g/mol. The van der Waals surface area contributed by atoms with Gasteiger partial charge in [-0.1, -0.05) is 0 Å². The van der Waals surface area contributed by atoms with Crippen LogP contribution in [0, 0.1) is 11.8 Å². The van der Waals surface area contributed by atoms with Gasteiger partial charge in [0.1, 0.15) is 22.8 Å². The number of anilines is 1. The molecule has 2 bridgehead atoms. The van der Waals surface area contributed by atoms with Gasteiger partial charge in [0.05, 0.1) is 0 Å². The van der Waals surface area contributed by atoms with Crippen molar-refractivity contribution in [2.45, 2.75) is 42.7 Å². The maximum Gasteiger partial charge on any atom is 0.147 e. The van der Waals surface area contributed by atoms with E-state index in [1.54, 1.807) is 23.4 Å². The molecule has 4 fully saturated rings. The highest BCUT2D eigenvalue weighted by Gasteiger charge is 2.52. The normalized spacial score (nSPS) is 35.5. The summed E-state index contributed by atoms with van der Waals surface area (Å²) in [5, 5.41) is 2.59. The van der Waals surface area contributed by atoms with Crippen LogP contribution >= 0.6 is 11.8 Å². The Balaban J connectivity index is 1.44. The molecule has 7 heteroatoms. The van der Waals surface area contributed by atoms with Crippen LogP contribution in [0.2, 0.25) is 0 Å². The second-order valence-electron chi connectivity index (χ2n) is 6.26. The molecule has 0 radical (unpaired) electrons. The van der Waals surface area contributed by atoms with Gasteiger partial charge in [-0.05, 0) is 55.5 Å². The van der Waals surface area contributed by atoms with Gasteiger partial charge in [-0.15, -0.1) is 11.8 Å². The number of nitrogens with zero attached hydrogens (tertiary/aromatic N) is 3. The lowest BCUT2D eigenvalue weighted by Crippen LogP contribution is -2.50. The number of thioether (sulfide) groups is 1. The Labute approximate surface area is 128 Å². The molecule has 1 aliphatic heterocycles. The van der Waals surface area contributed by atoms with Gasteiger partial charge < -0.3 is 0 Å². The van der Waals surface area contributed by atoms with Crippen molar-refractivity contribution in [2.75, 3.05) is 18.2 Å². The lowest BCUT2D eigenvalue weighted by atomic mass is 9.62. The molecule has 3 saturated carbocycles. The van der Waals surface area contributed by atoms with Crippen molar-refractivity contribution < 1.29 is 4.84 Å². The Morgan fingerprint density at radius 2 is 2.24 bits per heavy atom. The summed E-state index contributed by atoms with van der Waals surface area (Å²) in [5.41, 5.74) is 6.49. The van der Waals surface area contributed by atoms with Crippen LogP contribution in [-0.4, -0.2) is 33.7 Å². The minimum atomic E-state index is -0.0104. The van der Waals surface area contributed by atoms with Gasteiger partial charge in [0.2, 0.25) is 0 Å². The van der Waals surface area contributed by atoms with Crippen LogP contribution in [0.5, 0.6) is 0 Å². The van der Waals surface area contributed by atoms with Crippen LogP contribution in [0.15, 0.2) is 17.4 Å². The van der Waals surface area contributed by atoms with Gasteiger partial charge in [0.25, 0.3) is 0 Å². The van der Waals surface area contributed by atoms with Gasteiger partial charge in [-0.2, -0.15) is 0 Å². The summed E-state index contributed by atoms with van der Waals surface area (Å²) >= 11 is 1.60. The van der Waals surface area contributed by atoms with E-state index >= 15 is 0 Å². The van der Waals surface area contributed by atoms with E-state index in [4.69, 9.17) is 4.84 Å². The molecule has 1 aromatic heterocycles. The van der Waals surface area contributed by atoms with Crippen LogP contribution in [-0.2, 0) is 4.84 Å². The first-order chi connectivity index (χ1) is 10.3. The molecule has 0 aromatic carbocycles. The van der Waals surface area contributed by atoms with Crippen LogP contribution in [0.1, 0.15) is 32.1 Å². The van der Waals surface area contributed by atoms with E-state index in [1.165, 1.54) is 32.1 Å². The van der Waals surface area contributed by atoms with E-state index in [0.717, 1.165) is 23.3 Å². The second-order valence-corrected chi connectivity index (χ2v) is 7.09. The van der Waals surface area contributed by atoms with Crippen molar-refractivity contribution >= 4 is 17.6 Å². The summed E-state index contributed by atoms with van der Waals surface area (Å²) < 4.78 is 0. The maximum absolute atomic E-state index is 6.25. The first-order valence-electron chi connectivity index (χ1n) is 7.63. The number of hydrogen-bond acceptors (Lipinski definition) is 7. The molecule has 3 aliphatic carbocycles. The third kappa shape index (κ3) is 2.52. The second kappa shape index (κ2) is 5.39. The van der Waals surface area contributed by atoms with Crippen LogP contribution < -0.4 is 10.9 Å². The van der Waals surface area contributed by atoms with Crippen molar-refractivity contribution in [2.24, 2.45) is 11.8 Å². The molecule has 1 atom stereocenters. The predicted octanol–water partition coefficient (Wildman–Crippen LogP) is 2.23. The molecule has 4 aliphatic rings. The first kappa shape index (κ1) is 13.8. The molecule has 1 spiro atoms. The van der Waals surface area contributed by atoms with E-state index in [0.29, 0.717) is 5.92 Å². The number of hydrazine groups is 2. The van der Waals surface area contributed by atoms with Crippen LogP contribution in [0.4, 0.5) is 5.82 Å². The van der Waals surface area contributed by atoms with Gasteiger partial charge >= 0.3 is 0 Å². The number of aromatic nitrogens is 2. The molecule has 1 aromatic rings. The highest BCUT2D eigenvalue weighted by molar-refractivity contribution is 7.98. The first-order valence-corrected chi connectivity index (χ1v) is 8.85. The van der Waals surface area contributed by atoms with Crippen molar-refractivity contribution in [1.82, 2.24) is 20.7 Å². The van der Waals surface area contributed by atoms with E-state index in [2.05, 4.69) is 20.8 Å². The number of rotatable bonds is 3. The molecule has 1 saturated heterocycles. The minimum Gasteiger partial charge on any atom is -0.265 e. The molecule has 21 heavy (non-hydrogen) atoms. The number of nitrogens with one attached hydrogen (secondary N) is 2. The topological polar surface area (TPSA) is 62.3 Å². The Kier molecular flexibility index (Phi) is 3.53. The van der Waals surface area contributed by atoms with E-state index < -0.39 is 0 Å². The molecule has 2 heterocycles. The lowest BCUT2D eigenvalue weighted by Gasteiger charge is -2.47. The molecular weight excluding hydrogens is 286 g/mol. The third-order valence-corrected chi connectivity index (χ3v) is 5.73. The lowest BCUT2D eigenvalue weighted by molar-refractivity contribution is -0.235. The minimum absolute atomic E-state index is 0.0104. The van der Waals surface area contributed by atoms with Crippen LogP contribution in [0.25, 0.3) is 0 Å². The average molecular weight is 307 g/mol. The highest BCUT2D eigenvalue weighted by Crippen LogP contribution is 2.50.